The van der Waals surface area contributed by atoms with E-state index in [9.17, 15) is 0 Å². The first-order valence-electron chi connectivity index (χ1n) is 9.08. The topological polar surface area (TPSA) is 55.0 Å². The average Bonchev–Trinajstić information content (AvgIpc) is 3.42. The maximum absolute atomic E-state index is 5.97. The molecule has 0 aliphatic heterocycles. The predicted molar refractivity (Wildman–Crippen MR) is 112 cm³/mol. The van der Waals surface area contributed by atoms with E-state index in [1.54, 1.807) is 0 Å². The van der Waals surface area contributed by atoms with Gasteiger partial charge in [-0.2, -0.15) is 0 Å². The van der Waals surface area contributed by atoms with Crippen molar-refractivity contribution >= 4 is 30.6 Å². The van der Waals surface area contributed by atoms with Crippen molar-refractivity contribution in [3.05, 3.63) is 53.5 Å². The number of nitrogens with zero attached hydrogens (tertiary/aromatic N) is 3. The van der Waals surface area contributed by atoms with Crippen LogP contribution in [0.5, 0.6) is 0 Å². The van der Waals surface area contributed by atoms with Crippen LogP contribution < -0.4 is 10.6 Å². The van der Waals surface area contributed by atoms with E-state index in [-0.39, 0.29) is 24.8 Å². The van der Waals surface area contributed by atoms with Gasteiger partial charge in [0.2, 0.25) is 0 Å². The van der Waals surface area contributed by atoms with Crippen LogP contribution in [-0.2, 0) is 6.42 Å². The molecule has 1 aromatic carbocycles. The van der Waals surface area contributed by atoms with E-state index in [4.69, 9.17) is 15.7 Å². The van der Waals surface area contributed by atoms with Gasteiger partial charge in [-0.1, -0.05) is 30.3 Å². The second-order valence-electron chi connectivity index (χ2n) is 7.37. The highest BCUT2D eigenvalue weighted by molar-refractivity contribution is 5.85. The summed E-state index contributed by atoms with van der Waals surface area (Å²) in [6.07, 6.45) is 5.63. The second kappa shape index (κ2) is 9.03. The lowest BCUT2D eigenvalue weighted by atomic mass is 9.78. The summed E-state index contributed by atoms with van der Waals surface area (Å²) < 4.78 is 0. The van der Waals surface area contributed by atoms with Gasteiger partial charge in [0.05, 0.1) is 0 Å². The summed E-state index contributed by atoms with van der Waals surface area (Å²) in [5, 5.41) is 0. The fourth-order valence-electron chi connectivity index (χ4n) is 3.36. The number of aromatic nitrogens is 2. The Morgan fingerprint density at radius 2 is 1.73 bits per heavy atom. The highest BCUT2D eigenvalue weighted by atomic mass is 35.5. The third kappa shape index (κ3) is 4.87. The maximum atomic E-state index is 5.97. The van der Waals surface area contributed by atoms with Crippen LogP contribution in [0.4, 0.5) is 5.82 Å². The molecule has 2 aliphatic rings. The highest BCUT2D eigenvalue weighted by Crippen LogP contribution is 2.41. The first-order valence-corrected chi connectivity index (χ1v) is 9.08. The van der Waals surface area contributed by atoms with E-state index >= 15 is 0 Å². The van der Waals surface area contributed by atoms with Crippen molar-refractivity contribution in [1.29, 1.82) is 0 Å². The molecule has 0 amide bonds. The molecule has 4 rings (SSSR count). The summed E-state index contributed by atoms with van der Waals surface area (Å²) in [5.41, 5.74) is 8.54. The van der Waals surface area contributed by atoms with Gasteiger partial charge in [0, 0.05) is 43.2 Å². The number of benzene rings is 1. The van der Waals surface area contributed by atoms with Crippen LogP contribution in [0.2, 0.25) is 0 Å². The van der Waals surface area contributed by atoms with Crippen LogP contribution in [-0.4, -0.2) is 29.6 Å². The number of anilines is 1. The summed E-state index contributed by atoms with van der Waals surface area (Å²) in [5.74, 6) is 3.23. The summed E-state index contributed by atoms with van der Waals surface area (Å²) in [6, 6.07) is 13.2. The lowest BCUT2D eigenvalue weighted by Gasteiger charge is -2.32. The van der Waals surface area contributed by atoms with Gasteiger partial charge in [-0.15, -0.1) is 24.8 Å². The fraction of sp³-hybridized carbons (Fsp3) is 0.500. The zero-order chi connectivity index (χ0) is 16.5. The van der Waals surface area contributed by atoms with Gasteiger partial charge in [-0.05, 0) is 37.7 Å². The Kier molecular flexibility index (Phi) is 7.27. The molecule has 2 aliphatic carbocycles. The van der Waals surface area contributed by atoms with Crippen LogP contribution in [0, 0.1) is 0 Å². The monoisotopic (exact) mass is 394 g/mol. The Morgan fingerprint density at radius 3 is 2.35 bits per heavy atom. The Morgan fingerprint density at radius 1 is 1.04 bits per heavy atom. The summed E-state index contributed by atoms with van der Waals surface area (Å²) in [4.78, 5) is 12.0. The number of rotatable bonds is 6. The Bertz CT molecular complexity index is 700. The number of halogens is 2. The normalized spacial score (nSPS) is 21.2. The van der Waals surface area contributed by atoms with Crippen LogP contribution in [0.1, 0.15) is 54.6 Å². The smallest absolute Gasteiger partial charge is 0.134 e. The molecule has 2 N–H and O–H groups in total. The van der Waals surface area contributed by atoms with E-state index < -0.39 is 0 Å². The molecule has 0 spiro atoms. The van der Waals surface area contributed by atoms with Crippen molar-refractivity contribution in [3.8, 4) is 0 Å². The predicted octanol–water partition coefficient (Wildman–Crippen LogP) is 4.08. The van der Waals surface area contributed by atoms with E-state index in [1.165, 1.54) is 24.1 Å². The lowest BCUT2D eigenvalue weighted by Crippen LogP contribution is -2.35. The molecule has 0 bridgehead atoms. The minimum Gasteiger partial charge on any atom is -0.359 e. The number of hydrogen-bond acceptors (Lipinski definition) is 4. The van der Waals surface area contributed by atoms with E-state index in [2.05, 4.69) is 48.3 Å². The van der Waals surface area contributed by atoms with Gasteiger partial charge in [-0.25, -0.2) is 9.97 Å². The van der Waals surface area contributed by atoms with E-state index in [0.29, 0.717) is 17.9 Å². The second-order valence-corrected chi connectivity index (χ2v) is 7.37. The molecule has 0 atom stereocenters. The Balaban J connectivity index is 0.00000121. The SMILES string of the molecule is CN(CCc1ccccc1)c1cc(C2CC(N)C2)nc(C2CC2)n1.Cl.Cl. The molecule has 4 nitrogen and oxygen atoms in total. The zero-order valence-electron chi connectivity index (χ0n) is 15.2. The maximum Gasteiger partial charge on any atom is 0.134 e. The van der Waals surface area contributed by atoms with Crippen molar-refractivity contribution < 1.29 is 0 Å². The molecule has 26 heavy (non-hydrogen) atoms. The fourth-order valence-corrected chi connectivity index (χ4v) is 3.36. The van der Waals surface area contributed by atoms with Crippen LogP contribution in [0.3, 0.4) is 0 Å². The molecule has 0 radical (unpaired) electrons. The Labute approximate surface area is 168 Å². The standard InChI is InChI=1S/C20H26N4.2ClH/c1-24(10-9-14-5-3-2-4-6-14)19-13-18(16-11-17(21)12-16)22-20(23-19)15-7-8-15;;/h2-6,13,15-17H,7-12,21H2,1H3;2*1H. The van der Waals surface area contributed by atoms with Gasteiger partial charge in [-0.3, -0.25) is 0 Å². The van der Waals surface area contributed by atoms with Crippen LogP contribution in [0.25, 0.3) is 0 Å². The average molecular weight is 395 g/mol. The third-order valence-corrected chi connectivity index (χ3v) is 5.25. The van der Waals surface area contributed by atoms with Crippen molar-refractivity contribution in [2.75, 3.05) is 18.5 Å². The molecule has 0 saturated heterocycles. The zero-order valence-corrected chi connectivity index (χ0v) is 16.8. The van der Waals surface area contributed by atoms with E-state index in [1.807, 2.05) is 0 Å². The van der Waals surface area contributed by atoms with Crippen LogP contribution in [0.15, 0.2) is 36.4 Å². The van der Waals surface area contributed by atoms with Crippen molar-refractivity contribution in [2.24, 2.45) is 5.73 Å². The van der Waals surface area contributed by atoms with Gasteiger partial charge in [0.25, 0.3) is 0 Å². The van der Waals surface area contributed by atoms with Gasteiger partial charge >= 0.3 is 0 Å². The molecule has 2 fully saturated rings. The highest BCUT2D eigenvalue weighted by Gasteiger charge is 2.32. The van der Waals surface area contributed by atoms with E-state index in [0.717, 1.165) is 37.4 Å². The first-order chi connectivity index (χ1) is 11.7. The largest absolute Gasteiger partial charge is 0.359 e. The number of hydrogen-bond donors (Lipinski definition) is 1. The molecule has 1 aromatic heterocycles. The molecule has 2 saturated carbocycles. The Hall–Kier alpha value is -1.36. The van der Waals surface area contributed by atoms with Gasteiger partial charge in [0.1, 0.15) is 11.6 Å². The quantitative estimate of drug-likeness (QED) is 0.801. The summed E-state index contributed by atoms with van der Waals surface area (Å²) in [6.45, 7) is 0.967. The minimum atomic E-state index is 0. The molecule has 2 aromatic rings. The molecular weight excluding hydrogens is 367 g/mol. The summed E-state index contributed by atoms with van der Waals surface area (Å²) >= 11 is 0. The molecule has 6 heteroatoms. The third-order valence-electron chi connectivity index (χ3n) is 5.25. The van der Waals surface area contributed by atoms with Crippen LogP contribution >= 0.6 is 24.8 Å². The van der Waals surface area contributed by atoms with Gasteiger partial charge < -0.3 is 10.6 Å². The number of nitrogens with two attached hydrogens (primary N) is 1. The minimum absolute atomic E-state index is 0. The van der Waals surface area contributed by atoms with Crippen molar-refractivity contribution in [2.45, 2.75) is 50.0 Å². The number of likely N-dealkylation sites (N-methyl/N-ethyl adjacent to an activating group) is 1. The molecule has 1 heterocycles. The van der Waals surface area contributed by atoms with Crippen molar-refractivity contribution in [1.82, 2.24) is 9.97 Å². The molecular formula is C20H28Cl2N4. The summed E-state index contributed by atoms with van der Waals surface area (Å²) in [7, 11) is 2.14. The molecule has 142 valence electrons. The van der Waals surface area contributed by atoms with Crippen molar-refractivity contribution in [3.63, 3.8) is 0 Å². The van der Waals surface area contributed by atoms with Gasteiger partial charge in [0.15, 0.2) is 0 Å². The lowest BCUT2D eigenvalue weighted by molar-refractivity contribution is 0.344. The molecule has 0 unspecified atom stereocenters. The first kappa shape index (κ1) is 20.9.